The molecule has 1 fully saturated rings. The van der Waals surface area contributed by atoms with Gasteiger partial charge < -0.3 is 21.5 Å². The average Bonchev–Trinajstić information content (AvgIpc) is 2.23. The Morgan fingerprint density at radius 2 is 1.89 bits per heavy atom. The zero-order valence-electron chi connectivity index (χ0n) is 10.3. The lowest BCUT2D eigenvalue weighted by Gasteiger charge is -2.37. The third-order valence-electron chi connectivity index (χ3n) is 3.34. The van der Waals surface area contributed by atoms with Crippen LogP contribution in [0.5, 0.6) is 0 Å². The lowest BCUT2D eigenvalue weighted by molar-refractivity contribution is 0.0526. The molecule has 5 heteroatoms. The molecule has 5 N–H and O–H groups in total. The van der Waals surface area contributed by atoms with Crippen LogP contribution in [0, 0.1) is 0 Å². The molecule has 1 amide bonds. The summed E-state index contributed by atoms with van der Waals surface area (Å²) in [4.78, 5) is 14.1. The van der Waals surface area contributed by atoms with E-state index in [1.165, 1.54) is 0 Å². The molecule has 1 saturated carbocycles. The molecule has 0 aromatic heterocycles. The van der Waals surface area contributed by atoms with E-state index in [1.807, 2.05) is 0 Å². The summed E-state index contributed by atoms with van der Waals surface area (Å²) in [6.07, 6.45) is 3.14. The summed E-state index contributed by atoms with van der Waals surface area (Å²) in [7, 11) is 0. The molecule has 1 aliphatic carbocycles. The molecule has 1 aromatic rings. The summed E-state index contributed by atoms with van der Waals surface area (Å²) in [5.41, 5.74) is 12.8. The highest BCUT2D eigenvalue weighted by Crippen LogP contribution is 2.26. The molecule has 1 aromatic carbocycles. The fourth-order valence-corrected chi connectivity index (χ4v) is 2.22. The highest BCUT2D eigenvalue weighted by molar-refractivity contribution is 5.96. The molecule has 0 radical (unpaired) electrons. The Bertz CT molecular complexity index is 424. The van der Waals surface area contributed by atoms with Crippen LogP contribution in [0.25, 0.3) is 0 Å². The summed E-state index contributed by atoms with van der Waals surface area (Å²) < 4.78 is 0. The number of hydrogen-bond donors (Lipinski definition) is 3. The maximum absolute atomic E-state index is 12.4. The lowest BCUT2D eigenvalue weighted by Crippen LogP contribution is -2.45. The summed E-state index contributed by atoms with van der Waals surface area (Å²) in [5, 5.41) is 9.07. The molecule has 1 aliphatic rings. The van der Waals surface area contributed by atoms with Crippen LogP contribution in [0.4, 0.5) is 11.4 Å². The van der Waals surface area contributed by atoms with Crippen molar-refractivity contribution in [1.82, 2.24) is 4.90 Å². The van der Waals surface area contributed by atoms with Crippen molar-refractivity contribution in [2.45, 2.75) is 25.3 Å². The van der Waals surface area contributed by atoms with Crippen LogP contribution < -0.4 is 11.5 Å². The number of benzene rings is 1. The van der Waals surface area contributed by atoms with Gasteiger partial charge in [-0.05, 0) is 37.5 Å². The van der Waals surface area contributed by atoms with E-state index in [1.54, 1.807) is 23.1 Å². The molecule has 0 heterocycles. The number of rotatable bonds is 4. The van der Waals surface area contributed by atoms with Gasteiger partial charge in [0.25, 0.3) is 5.91 Å². The van der Waals surface area contributed by atoms with Crippen LogP contribution in [0.2, 0.25) is 0 Å². The number of carbonyl (C=O) groups is 1. The van der Waals surface area contributed by atoms with E-state index in [-0.39, 0.29) is 18.6 Å². The van der Waals surface area contributed by atoms with Crippen molar-refractivity contribution < 1.29 is 9.90 Å². The van der Waals surface area contributed by atoms with E-state index >= 15 is 0 Å². The molecule has 0 saturated heterocycles. The number of carbonyl (C=O) groups excluding carboxylic acids is 1. The summed E-state index contributed by atoms with van der Waals surface area (Å²) in [5.74, 6) is -0.104. The predicted molar refractivity (Wildman–Crippen MR) is 71.0 cm³/mol. The molecule has 0 atom stereocenters. The fourth-order valence-electron chi connectivity index (χ4n) is 2.22. The van der Waals surface area contributed by atoms with E-state index < -0.39 is 0 Å². The number of nitrogen functional groups attached to an aromatic ring is 2. The Labute approximate surface area is 106 Å². The number of amides is 1. The molecule has 0 spiro atoms. The topological polar surface area (TPSA) is 92.6 Å². The van der Waals surface area contributed by atoms with Gasteiger partial charge in [-0.1, -0.05) is 0 Å². The Morgan fingerprint density at radius 1 is 1.28 bits per heavy atom. The number of anilines is 2. The zero-order valence-corrected chi connectivity index (χ0v) is 10.3. The Kier molecular flexibility index (Phi) is 3.72. The number of hydrogen-bond acceptors (Lipinski definition) is 4. The molecule has 5 nitrogen and oxygen atoms in total. The Hall–Kier alpha value is -1.75. The second kappa shape index (κ2) is 5.27. The largest absolute Gasteiger partial charge is 0.399 e. The van der Waals surface area contributed by atoms with E-state index in [2.05, 4.69) is 0 Å². The van der Waals surface area contributed by atoms with Crippen LogP contribution in [-0.2, 0) is 0 Å². The van der Waals surface area contributed by atoms with E-state index in [4.69, 9.17) is 16.6 Å². The molecular weight excluding hydrogens is 230 g/mol. The van der Waals surface area contributed by atoms with Gasteiger partial charge in [0.2, 0.25) is 0 Å². The van der Waals surface area contributed by atoms with Gasteiger partial charge in [-0.25, -0.2) is 0 Å². The Balaban J connectivity index is 2.21. The first-order chi connectivity index (χ1) is 8.61. The smallest absolute Gasteiger partial charge is 0.254 e. The number of aliphatic hydroxyl groups excluding tert-OH is 1. The second-order valence-corrected chi connectivity index (χ2v) is 4.70. The first-order valence-corrected chi connectivity index (χ1v) is 6.19. The minimum atomic E-state index is -0.104. The third kappa shape index (κ3) is 2.56. The number of nitrogens with two attached hydrogens (primary N) is 2. The first kappa shape index (κ1) is 12.7. The molecule has 18 heavy (non-hydrogen) atoms. The summed E-state index contributed by atoms with van der Waals surface area (Å²) in [6.45, 7) is 0.332. The van der Waals surface area contributed by atoms with E-state index in [0.29, 0.717) is 23.5 Å². The minimum absolute atomic E-state index is 0.0277. The van der Waals surface area contributed by atoms with Crippen LogP contribution in [0.15, 0.2) is 18.2 Å². The van der Waals surface area contributed by atoms with Gasteiger partial charge in [-0.3, -0.25) is 4.79 Å². The maximum atomic E-state index is 12.4. The first-order valence-electron chi connectivity index (χ1n) is 6.19. The number of nitrogens with zero attached hydrogens (tertiary/aromatic N) is 1. The van der Waals surface area contributed by atoms with Gasteiger partial charge in [-0.15, -0.1) is 0 Å². The molecule has 2 rings (SSSR count). The normalized spacial score (nSPS) is 15.2. The second-order valence-electron chi connectivity index (χ2n) is 4.70. The van der Waals surface area contributed by atoms with Crippen LogP contribution >= 0.6 is 0 Å². The van der Waals surface area contributed by atoms with Gasteiger partial charge in [0.15, 0.2) is 0 Å². The van der Waals surface area contributed by atoms with Gasteiger partial charge in [0.1, 0.15) is 0 Å². The van der Waals surface area contributed by atoms with Crippen molar-refractivity contribution in [3.05, 3.63) is 23.8 Å². The SMILES string of the molecule is Nc1cc(N)cc(C(=O)N(CCO)C2CCC2)c1. The predicted octanol–water partition coefficient (Wildman–Crippen LogP) is 0.838. The van der Waals surface area contributed by atoms with E-state index in [9.17, 15) is 4.79 Å². The van der Waals surface area contributed by atoms with Crippen LogP contribution in [-0.4, -0.2) is 35.1 Å². The molecule has 98 valence electrons. The van der Waals surface area contributed by atoms with Gasteiger partial charge >= 0.3 is 0 Å². The third-order valence-corrected chi connectivity index (χ3v) is 3.34. The van der Waals surface area contributed by atoms with E-state index in [0.717, 1.165) is 19.3 Å². The van der Waals surface area contributed by atoms with Gasteiger partial charge in [-0.2, -0.15) is 0 Å². The standard InChI is InChI=1S/C13H19N3O2/c14-10-6-9(7-11(15)8-10)13(18)16(4-5-17)12-2-1-3-12/h6-8,12,17H,1-5,14-15H2. The Morgan fingerprint density at radius 3 is 2.33 bits per heavy atom. The van der Waals surface area contributed by atoms with Crippen LogP contribution in [0.1, 0.15) is 29.6 Å². The number of aliphatic hydroxyl groups is 1. The van der Waals surface area contributed by atoms with Crippen molar-refractivity contribution in [1.29, 1.82) is 0 Å². The van der Waals surface area contributed by atoms with Crippen molar-refractivity contribution in [2.75, 3.05) is 24.6 Å². The molecule has 0 aliphatic heterocycles. The lowest BCUT2D eigenvalue weighted by atomic mass is 9.91. The highest BCUT2D eigenvalue weighted by atomic mass is 16.3. The summed E-state index contributed by atoms with van der Waals surface area (Å²) in [6, 6.07) is 5.12. The minimum Gasteiger partial charge on any atom is -0.399 e. The fraction of sp³-hybridized carbons (Fsp3) is 0.462. The maximum Gasteiger partial charge on any atom is 0.254 e. The molecular formula is C13H19N3O2. The highest BCUT2D eigenvalue weighted by Gasteiger charge is 2.29. The van der Waals surface area contributed by atoms with Gasteiger partial charge in [0.05, 0.1) is 6.61 Å². The average molecular weight is 249 g/mol. The van der Waals surface area contributed by atoms with Crippen molar-refractivity contribution in [2.24, 2.45) is 0 Å². The zero-order chi connectivity index (χ0) is 13.1. The van der Waals surface area contributed by atoms with Crippen molar-refractivity contribution in [3.63, 3.8) is 0 Å². The van der Waals surface area contributed by atoms with Crippen LogP contribution in [0.3, 0.4) is 0 Å². The van der Waals surface area contributed by atoms with Gasteiger partial charge in [0, 0.05) is 29.5 Å². The molecule has 0 bridgehead atoms. The quantitative estimate of drug-likeness (QED) is 0.689. The molecule has 0 unspecified atom stereocenters. The monoisotopic (exact) mass is 249 g/mol. The van der Waals surface area contributed by atoms with Crippen molar-refractivity contribution in [3.8, 4) is 0 Å². The summed E-state index contributed by atoms with van der Waals surface area (Å²) >= 11 is 0. The van der Waals surface area contributed by atoms with Crippen molar-refractivity contribution >= 4 is 17.3 Å².